The highest BCUT2D eigenvalue weighted by Crippen LogP contribution is 2.24. The Bertz CT molecular complexity index is 535. The molecule has 0 atom stereocenters. The van der Waals surface area contributed by atoms with Gasteiger partial charge in [-0.05, 0) is 24.6 Å². The van der Waals surface area contributed by atoms with Crippen molar-refractivity contribution in [3.8, 4) is 12.3 Å². The first-order valence-electron chi connectivity index (χ1n) is 4.85. The molecule has 0 radical (unpaired) electrons. The predicted octanol–water partition coefficient (Wildman–Crippen LogP) is 2.69. The zero-order chi connectivity index (χ0) is 12.9. The van der Waals surface area contributed by atoms with Crippen LogP contribution in [0.25, 0.3) is 0 Å². The zero-order valence-electron chi connectivity index (χ0n) is 8.91. The third-order valence-corrected chi connectivity index (χ3v) is 4.19. The minimum Gasteiger partial charge on any atom is -0.211 e. The first kappa shape index (κ1) is 14.3. The predicted molar refractivity (Wildman–Crippen MR) is 69.7 cm³/mol. The summed E-state index contributed by atoms with van der Waals surface area (Å²) < 4.78 is 26.0. The van der Waals surface area contributed by atoms with Gasteiger partial charge in [0, 0.05) is 13.0 Å². The number of benzene rings is 1. The van der Waals surface area contributed by atoms with Crippen LogP contribution in [0.4, 0.5) is 0 Å². The molecule has 0 aliphatic heterocycles. The molecular formula is C11H11Cl2NO2S. The van der Waals surface area contributed by atoms with Crippen LogP contribution in [0.2, 0.25) is 10.0 Å². The third-order valence-electron chi connectivity index (χ3n) is 1.99. The summed E-state index contributed by atoms with van der Waals surface area (Å²) in [5, 5.41) is 0.524. The lowest BCUT2D eigenvalue weighted by molar-refractivity contribution is 0.579. The summed E-state index contributed by atoms with van der Waals surface area (Å²) in [4.78, 5) is 0.0904. The van der Waals surface area contributed by atoms with E-state index in [0.29, 0.717) is 24.4 Å². The highest BCUT2D eigenvalue weighted by molar-refractivity contribution is 7.89. The van der Waals surface area contributed by atoms with Crippen molar-refractivity contribution in [3.63, 3.8) is 0 Å². The van der Waals surface area contributed by atoms with E-state index in [9.17, 15) is 8.42 Å². The van der Waals surface area contributed by atoms with Crippen LogP contribution in [0.3, 0.4) is 0 Å². The SMILES string of the molecule is C#CCCCNS(=O)(=O)c1ccc(Cl)c(Cl)c1. The van der Waals surface area contributed by atoms with Gasteiger partial charge in [-0.3, -0.25) is 0 Å². The van der Waals surface area contributed by atoms with Crippen LogP contribution < -0.4 is 4.72 Å². The van der Waals surface area contributed by atoms with E-state index in [1.54, 1.807) is 0 Å². The van der Waals surface area contributed by atoms with Gasteiger partial charge in [0.25, 0.3) is 0 Å². The second-order valence-electron chi connectivity index (χ2n) is 3.28. The Labute approximate surface area is 111 Å². The Morgan fingerprint density at radius 1 is 1.29 bits per heavy atom. The lowest BCUT2D eigenvalue weighted by Crippen LogP contribution is -2.24. The van der Waals surface area contributed by atoms with Crippen LogP contribution in [-0.2, 0) is 10.0 Å². The Morgan fingerprint density at radius 2 is 2.00 bits per heavy atom. The van der Waals surface area contributed by atoms with Gasteiger partial charge < -0.3 is 0 Å². The molecule has 0 saturated carbocycles. The van der Waals surface area contributed by atoms with Crippen molar-refractivity contribution in [1.29, 1.82) is 0 Å². The summed E-state index contributed by atoms with van der Waals surface area (Å²) in [7, 11) is -3.54. The maximum absolute atomic E-state index is 11.8. The van der Waals surface area contributed by atoms with Gasteiger partial charge in [-0.25, -0.2) is 13.1 Å². The molecule has 0 bridgehead atoms. The molecule has 0 spiro atoms. The average Bonchev–Trinajstić information content (AvgIpc) is 2.28. The van der Waals surface area contributed by atoms with E-state index in [1.165, 1.54) is 18.2 Å². The van der Waals surface area contributed by atoms with E-state index in [1.807, 2.05) is 0 Å². The average molecular weight is 292 g/mol. The van der Waals surface area contributed by atoms with E-state index < -0.39 is 10.0 Å². The Balaban J connectivity index is 2.76. The molecule has 17 heavy (non-hydrogen) atoms. The molecule has 92 valence electrons. The van der Waals surface area contributed by atoms with Crippen molar-refractivity contribution in [3.05, 3.63) is 28.2 Å². The van der Waals surface area contributed by atoms with E-state index in [4.69, 9.17) is 29.6 Å². The molecule has 0 heterocycles. The smallest absolute Gasteiger partial charge is 0.211 e. The number of sulfonamides is 1. The summed E-state index contributed by atoms with van der Waals surface area (Å²) in [6, 6.07) is 4.16. The van der Waals surface area contributed by atoms with Crippen molar-refractivity contribution < 1.29 is 8.42 Å². The van der Waals surface area contributed by atoms with Crippen molar-refractivity contribution in [2.75, 3.05) is 6.54 Å². The van der Waals surface area contributed by atoms with Crippen LogP contribution >= 0.6 is 23.2 Å². The van der Waals surface area contributed by atoms with Crippen LogP contribution in [0.15, 0.2) is 23.1 Å². The normalized spacial score (nSPS) is 11.1. The third kappa shape index (κ3) is 4.21. The minimum atomic E-state index is -3.54. The summed E-state index contributed by atoms with van der Waals surface area (Å²) in [5.41, 5.74) is 0. The number of nitrogens with one attached hydrogen (secondary N) is 1. The molecule has 6 heteroatoms. The Hall–Kier alpha value is -0.730. The molecule has 0 aliphatic rings. The van der Waals surface area contributed by atoms with Crippen molar-refractivity contribution in [2.45, 2.75) is 17.7 Å². The molecule has 3 nitrogen and oxygen atoms in total. The Kier molecular flexibility index (Phi) is 5.29. The summed E-state index contributed by atoms with van der Waals surface area (Å²) >= 11 is 11.5. The molecule has 0 unspecified atom stereocenters. The van der Waals surface area contributed by atoms with Gasteiger partial charge in [0.05, 0.1) is 14.9 Å². The molecule has 1 aromatic rings. The van der Waals surface area contributed by atoms with E-state index in [-0.39, 0.29) is 9.92 Å². The first-order valence-corrected chi connectivity index (χ1v) is 7.09. The standard InChI is InChI=1S/C11H11Cl2NO2S/c1-2-3-4-7-14-17(15,16)9-5-6-10(12)11(13)8-9/h1,5-6,8,14H,3-4,7H2. The van der Waals surface area contributed by atoms with Crippen molar-refractivity contribution >= 4 is 33.2 Å². The highest BCUT2D eigenvalue weighted by atomic mass is 35.5. The number of terminal acetylenes is 1. The van der Waals surface area contributed by atoms with Gasteiger partial charge in [0.1, 0.15) is 0 Å². The van der Waals surface area contributed by atoms with Gasteiger partial charge in [-0.15, -0.1) is 12.3 Å². The fourth-order valence-corrected chi connectivity index (χ4v) is 2.59. The largest absolute Gasteiger partial charge is 0.240 e. The lowest BCUT2D eigenvalue weighted by Gasteiger charge is -2.06. The summed E-state index contributed by atoms with van der Waals surface area (Å²) in [5.74, 6) is 2.44. The molecule has 0 fully saturated rings. The molecule has 1 rings (SSSR count). The Morgan fingerprint density at radius 3 is 2.59 bits per heavy atom. The number of unbranched alkanes of at least 4 members (excludes halogenated alkanes) is 1. The van der Waals surface area contributed by atoms with Gasteiger partial charge in [0.2, 0.25) is 10.0 Å². The second-order valence-corrected chi connectivity index (χ2v) is 5.86. The molecule has 0 saturated heterocycles. The van der Waals surface area contributed by atoms with Gasteiger partial charge >= 0.3 is 0 Å². The molecule has 0 aliphatic carbocycles. The zero-order valence-corrected chi connectivity index (χ0v) is 11.2. The molecule has 0 amide bonds. The second kappa shape index (κ2) is 6.27. The number of hydrogen-bond donors (Lipinski definition) is 1. The maximum Gasteiger partial charge on any atom is 0.240 e. The maximum atomic E-state index is 11.8. The van der Waals surface area contributed by atoms with Crippen LogP contribution in [-0.4, -0.2) is 15.0 Å². The monoisotopic (exact) mass is 291 g/mol. The molecule has 1 aromatic carbocycles. The van der Waals surface area contributed by atoms with Crippen molar-refractivity contribution in [1.82, 2.24) is 4.72 Å². The quantitative estimate of drug-likeness (QED) is 0.670. The molecular weight excluding hydrogens is 281 g/mol. The number of hydrogen-bond acceptors (Lipinski definition) is 2. The number of rotatable bonds is 5. The van der Waals surface area contributed by atoms with E-state index in [2.05, 4.69) is 10.6 Å². The summed E-state index contributed by atoms with van der Waals surface area (Å²) in [6.45, 7) is 0.298. The van der Waals surface area contributed by atoms with Gasteiger partial charge in [-0.1, -0.05) is 23.2 Å². The fraction of sp³-hybridized carbons (Fsp3) is 0.273. The van der Waals surface area contributed by atoms with Crippen molar-refractivity contribution in [2.24, 2.45) is 0 Å². The van der Waals surface area contributed by atoms with Gasteiger partial charge in [0.15, 0.2) is 0 Å². The van der Waals surface area contributed by atoms with Crippen LogP contribution in [0.1, 0.15) is 12.8 Å². The number of halogens is 2. The van der Waals surface area contributed by atoms with E-state index in [0.717, 1.165) is 0 Å². The van der Waals surface area contributed by atoms with E-state index >= 15 is 0 Å². The fourth-order valence-electron chi connectivity index (χ4n) is 1.12. The van der Waals surface area contributed by atoms with Crippen LogP contribution in [0.5, 0.6) is 0 Å². The van der Waals surface area contributed by atoms with Crippen LogP contribution in [0, 0.1) is 12.3 Å². The lowest BCUT2D eigenvalue weighted by atomic mass is 10.3. The van der Waals surface area contributed by atoms with Gasteiger partial charge in [-0.2, -0.15) is 0 Å². The summed E-state index contributed by atoms with van der Waals surface area (Å²) in [6.07, 6.45) is 6.19. The first-order chi connectivity index (χ1) is 7.97. The minimum absolute atomic E-state index is 0.0904. The topological polar surface area (TPSA) is 46.2 Å². The molecule has 1 N–H and O–H groups in total. The molecule has 0 aromatic heterocycles. The highest BCUT2D eigenvalue weighted by Gasteiger charge is 2.14.